The summed E-state index contributed by atoms with van der Waals surface area (Å²) in [6, 6.07) is 0. The van der Waals surface area contributed by atoms with Crippen LogP contribution in [0.15, 0.2) is 0 Å². The quantitative estimate of drug-likeness (QED) is 0.595. The molecule has 1 heterocycles. The Bertz CT molecular complexity index is 244. The standard InChI is InChI=1S/C15H30N2O3.C2H6/c1-16-15(18)14-20-12-7-3-6-11-19-13-10-17-8-4-2-5-9-17;1-2/h2-14H2,1H3,(H,16,18);1-2H3. The molecule has 0 spiro atoms. The number of hydrogen-bond acceptors (Lipinski definition) is 4. The summed E-state index contributed by atoms with van der Waals surface area (Å²) in [6.45, 7) is 10.1. The van der Waals surface area contributed by atoms with Crippen LogP contribution < -0.4 is 5.32 Å². The van der Waals surface area contributed by atoms with Crippen LogP contribution in [0.5, 0.6) is 0 Å². The maximum Gasteiger partial charge on any atom is 0.245 e. The van der Waals surface area contributed by atoms with Gasteiger partial charge in [-0.05, 0) is 45.2 Å². The van der Waals surface area contributed by atoms with Gasteiger partial charge < -0.3 is 19.7 Å². The summed E-state index contributed by atoms with van der Waals surface area (Å²) < 4.78 is 10.9. The molecular weight excluding hydrogens is 280 g/mol. The number of rotatable bonds is 11. The summed E-state index contributed by atoms with van der Waals surface area (Å²) in [4.78, 5) is 13.4. The molecule has 1 rings (SSSR count). The van der Waals surface area contributed by atoms with Crippen molar-refractivity contribution in [3.8, 4) is 0 Å². The summed E-state index contributed by atoms with van der Waals surface area (Å²) >= 11 is 0. The minimum atomic E-state index is -0.0638. The van der Waals surface area contributed by atoms with Crippen LogP contribution in [0.4, 0.5) is 0 Å². The Labute approximate surface area is 136 Å². The molecule has 0 aromatic heterocycles. The number of hydrogen-bond donors (Lipinski definition) is 1. The molecule has 0 unspecified atom stereocenters. The van der Waals surface area contributed by atoms with E-state index >= 15 is 0 Å². The van der Waals surface area contributed by atoms with Gasteiger partial charge in [-0.25, -0.2) is 0 Å². The first-order chi connectivity index (χ1) is 10.8. The number of likely N-dealkylation sites (tertiary alicyclic amines) is 1. The van der Waals surface area contributed by atoms with Crippen LogP contribution in [0.25, 0.3) is 0 Å². The maximum absolute atomic E-state index is 10.9. The Kier molecular flexibility index (Phi) is 16.2. The zero-order valence-corrected chi connectivity index (χ0v) is 14.9. The smallest absolute Gasteiger partial charge is 0.245 e. The molecule has 0 saturated carbocycles. The topological polar surface area (TPSA) is 50.8 Å². The number of likely N-dealkylation sites (N-methyl/N-ethyl adjacent to an activating group) is 1. The van der Waals surface area contributed by atoms with E-state index in [1.165, 1.54) is 32.4 Å². The Hall–Kier alpha value is -0.650. The highest BCUT2D eigenvalue weighted by atomic mass is 16.5. The largest absolute Gasteiger partial charge is 0.380 e. The van der Waals surface area contributed by atoms with Crippen molar-refractivity contribution < 1.29 is 14.3 Å². The highest BCUT2D eigenvalue weighted by Gasteiger charge is 2.08. The van der Waals surface area contributed by atoms with Gasteiger partial charge in [0.1, 0.15) is 6.61 Å². The molecule has 1 fully saturated rings. The fourth-order valence-electron chi connectivity index (χ4n) is 2.30. The molecule has 132 valence electrons. The fraction of sp³-hybridized carbons (Fsp3) is 0.941. The van der Waals surface area contributed by atoms with Crippen molar-refractivity contribution in [2.45, 2.75) is 52.4 Å². The third kappa shape index (κ3) is 13.0. The summed E-state index contributed by atoms with van der Waals surface area (Å²) in [5.74, 6) is -0.0638. The van der Waals surface area contributed by atoms with E-state index in [1.807, 2.05) is 13.8 Å². The Morgan fingerprint density at radius 3 is 2.23 bits per heavy atom. The van der Waals surface area contributed by atoms with Crippen molar-refractivity contribution >= 4 is 5.91 Å². The van der Waals surface area contributed by atoms with E-state index in [9.17, 15) is 4.79 Å². The molecule has 0 atom stereocenters. The lowest BCUT2D eigenvalue weighted by molar-refractivity contribution is -0.125. The third-order valence-electron chi connectivity index (χ3n) is 3.59. The van der Waals surface area contributed by atoms with Crippen LogP contribution in [-0.4, -0.2) is 63.9 Å². The van der Waals surface area contributed by atoms with E-state index in [0.29, 0.717) is 6.61 Å². The number of unbranched alkanes of at least 4 members (excludes halogenated alkanes) is 2. The molecule has 1 aliphatic rings. The van der Waals surface area contributed by atoms with Gasteiger partial charge in [0.05, 0.1) is 6.61 Å². The third-order valence-corrected chi connectivity index (χ3v) is 3.59. The van der Waals surface area contributed by atoms with Gasteiger partial charge in [0.15, 0.2) is 0 Å². The second kappa shape index (κ2) is 16.7. The minimum Gasteiger partial charge on any atom is -0.380 e. The lowest BCUT2D eigenvalue weighted by Crippen LogP contribution is -2.32. The van der Waals surface area contributed by atoms with Crippen molar-refractivity contribution in [2.24, 2.45) is 0 Å². The fourth-order valence-corrected chi connectivity index (χ4v) is 2.30. The van der Waals surface area contributed by atoms with Crippen LogP contribution in [0.2, 0.25) is 0 Å². The lowest BCUT2D eigenvalue weighted by atomic mass is 10.1. The van der Waals surface area contributed by atoms with Gasteiger partial charge in [-0.2, -0.15) is 0 Å². The predicted molar refractivity (Wildman–Crippen MR) is 91.2 cm³/mol. The number of amides is 1. The number of nitrogens with zero attached hydrogens (tertiary/aromatic N) is 1. The molecule has 1 amide bonds. The van der Waals surface area contributed by atoms with Gasteiger partial charge in [-0.3, -0.25) is 4.79 Å². The maximum atomic E-state index is 10.9. The summed E-state index contributed by atoms with van der Waals surface area (Å²) in [5, 5.41) is 2.53. The van der Waals surface area contributed by atoms with Gasteiger partial charge >= 0.3 is 0 Å². The van der Waals surface area contributed by atoms with E-state index < -0.39 is 0 Å². The van der Waals surface area contributed by atoms with Gasteiger partial charge in [0.2, 0.25) is 5.91 Å². The molecule has 5 nitrogen and oxygen atoms in total. The Morgan fingerprint density at radius 2 is 1.59 bits per heavy atom. The summed E-state index contributed by atoms with van der Waals surface area (Å²) in [5.41, 5.74) is 0. The van der Waals surface area contributed by atoms with Gasteiger partial charge in [0, 0.05) is 26.8 Å². The van der Waals surface area contributed by atoms with Crippen LogP contribution in [0.1, 0.15) is 52.4 Å². The molecule has 1 aliphatic heterocycles. The van der Waals surface area contributed by atoms with Crippen molar-refractivity contribution in [3.63, 3.8) is 0 Å². The van der Waals surface area contributed by atoms with E-state index in [0.717, 1.165) is 39.0 Å². The SMILES string of the molecule is CC.CNC(=O)COCCCCCOCCN1CCCCC1. The second-order valence-electron chi connectivity index (χ2n) is 5.30. The van der Waals surface area contributed by atoms with Crippen molar-refractivity contribution in [1.29, 1.82) is 0 Å². The molecule has 0 aromatic rings. The molecule has 5 heteroatoms. The van der Waals surface area contributed by atoms with E-state index in [2.05, 4.69) is 10.2 Å². The van der Waals surface area contributed by atoms with Crippen LogP contribution >= 0.6 is 0 Å². The second-order valence-corrected chi connectivity index (χ2v) is 5.30. The molecule has 0 aromatic carbocycles. The highest BCUT2D eigenvalue weighted by Crippen LogP contribution is 2.07. The first kappa shape index (κ1) is 21.4. The monoisotopic (exact) mass is 316 g/mol. The summed E-state index contributed by atoms with van der Waals surface area (Å²) in [7, 11) is 1.62. The lowest BCUT2D eigenvalue weighted by Gasteiger charge is -2.26. The van der Waals surface area contributed by atoms with Crippen molar-refractivity contribution in [1.82, 2.24) is 10.2 Å². The van der Waals surface area contributed by atoms with E-state index in [1.54, 1.807) is 7.05 Å². The number of piperidine rings is 1. The van der Waals surface area contributed by atoms with Gasteiger partial charge in [-0.1, -0.05) is 20.3 Å². The van der Waals surface area contributed by atoms with Gasteiger partial charge in [0.25, 0.3) is 0 Å². The number of nitrogens with one attached hydrogen (secondary N) is 1. The molecule has 1 N–H and O–H groups in total. The predicted octanol–water partition coefficient (Wildman–Crippen LogP) is 2.45. The Morgan fingerprint density at radius 1 is 0.955 bits per heavy atom. The molecule has 0 aliphatic carbocycles. The highest BCUT2D eigenvalue weighted by molar-refractivity contribution is 5.76. The van der Waals surface area contributed by atoms with Gasteiger partial charge in [-0.15, -0.1) is 0 Å². The van der Waals surface area contributed by atoms with Crippen LogP contribution in [-0.2, 0) is 14.3 Å². The average molecular weight is 316 g/mol. The Balaban J connectivity index is 0.00000211. The number of ether oxygens (including phenoxy) is 2. The van der Waals surface area contributed by atoms with E-state index in [4.69, 9.17) is 9.47 Å². The molecule has 0 bridgehead atoms. The molecular formula is C17H36N2O3. The van der Waals surface area contributed by atoms with Crippen molar-refractivity contribution in [3.05, 3.63) is 0 Å². The molecule has 0 radical (unpaired) electrons. The zero-order chi connectivity index (χ0) is 16.5. The number of carbonyl (C=O) groups is 1. The first-order valence-electron chi connectivity index (χ1n) is 8.91. The van der Waals surface area contributed by atoms with Crippen molar-refractivity contribution in [2.75, 3.05) is 53.1 Å². The minimum absolute atomic E-state index is 0.0638. The first-order valence-corrected chi connectivity index (χ1v) is 8.91. The normalized spacial score (nSPS) is 15.0. The zero-order valence-electron chi connectivity index (χ0n) is 14.9. The van der Waals surface area contributed by atoms with Crippen LogP contribution in [0.3, 0.4) is 0 Å². The molecule has 22 heavy (non-hydrogen) atoms. The average Bonchev–Trinajstić information content (AvgIpc) is 2.59. The van der Waals surface area contributed by atoms with E-state index in [-0.39, 0.29) is 12.5 Å². The molecule has 1 saturated heterocycles. The number of carbonyl (C=O) groups excluding carboxylic acids is 1. The summed E-state index contributed by atoms with van der Waals surface area (Å²) in [6.07, 6.45) is 7.23. The van der Waals surface area contributed by atoms with Crippen LogP contribution in [0, 0.1) is 0 Å².